The van der Waals surface area contributed by atoms with E-state index in [1.807, 2.05) is 31.2 Å². The summed E-state index contributed by atoms with van der Waals surface area (Å²) in [6, 6.07) is 11.1. The lowest BCUT2D eigenvalue weighted by Gasteiger charge is -2.17. The summed E-state index contributed by atoms with van der Waals surface area (Å²) in [5.41, 5.74) is 9.31. The normalized spacial score (nSPS) is 12.5. The van der Waals surface area contributed by atoms with E-state index in [4.69, 9.17) is 28.9 Å². The molecule has 0 radical (unpaired) electrons. The zero-order valence-corrected chi connectivity index (χ0v) is 12.9. The summed E-state index contributed by atoms with van der Waals surface area (Å²) >= 11 is 15.6. The summed E-state index contributed by atoms with van der Waals surface area (Å²) in [5, 5.41) is 1.20. The molecule has 4 heteroatoms. The Balaban J connectivity index is 2.48. The molecule has 1 unspecified atom stereocenters. The smallest absolute Gasteiger partial charge is 0.0577 e. The van der Waals surface area contributed by atoms with Gasteiger partial charge in [-0.25, -0.2) is 0 Å². The minimum atomic E-state index is -0.274. The van der Waals surface area contributed by atoms with Crippen LogP contribution in [-0.4, -0.2) is 0 Å². The lowest BCUT2D eigenvalue weighted by Crippen LogP contribution is -2.13. The van der Waals surface area contributed by atoms with Crippen LogP contribution in [0, 0.1) is 6.92 Å². The second-order valence-electron chi connectivity index (χ2n) is 4.12. The SMILES string of the molecule is Cc1cccc(C(N)c2ccc(Cl)cc2Cl)c1Br. The van der Waals surface area contributed by atoms with E-state index in [0.717, 1.165) is 21.2 Å². The number of hydrogen-bond donors (Lipinski definition) is 1. The molecule has 94 valence electrons. The maximum absolute atomic E-state index is 6.28. The van der Waals surface area contributed by atoms with E-state index in [1.54, 1.807) is 12.1 Å². The van der Waals surface area contributed by atoms with Crippen molar-refractivity contribution < 1.29 is 0 Å². The van der Waals surface area contributed by atoms with E-state index in [2.05, 4.69) is 15.9 Å². The Morgan fingerprint density at radius 1 is 1.11 bits per heavy atom. The second kappa shape index (κ2) is 5.62. The zero-order valence-electron chi connectivity index (χ0n) is 9.75. The first kappa shape index (κ1) is 13.9. The lowest BCUT2D eigenvalue weighted by molar-refractivity contribution is 0.864. The van der Waals surface area contributed by atoms with Crippen LogP contribution in [-0.2, 0) is 0 Å². The van der Waals surface area contributed by atoms with Crippen LogP contribution in [0.5, 0.6) is 0 Å². The van der Waals surface area contributed by atoms with Crippen molar-refractivity contribution in [1.82, 2.24) is 0 Å². The van der Waals surface area contributed by atoms with E-state index in [1.165, 1.54) is 0 Å². The van der Waals surface area contributed by atoms with Crippen LogP contribution in [0.25, 0.3) is 0 Å². The molecule has 0 aliphatic rings. The van der Waals surface area contributed by atoms with Crippen LogP contribution < -0.4 is 5.73 Å². The fourth-order valence-corrected chi connectivity index (χ4v) is 2.87. The molecule has 1 nitrogen and oxygen atoms in total. The van der Waals surface area contributed by atoms with Gasteiger partial charge in [-0.2, -0.15) is 0 Å². The van der Waals surface area contributed by atoms with Crippen molar-refractivity contribution >= 4 is 39.1 Å². The fourth-order valence-electron chi connectivity index (χ4n) is 1.83. The zero-order chi connectivity index (χ0) is 13.3. The van der Waals surface area contributed by atoms with Gasteiger partial charge in [0.15, 0.2) is 0 Å². The van der Waals surface area contributed by atoms with Gasteiger partial charge in [0.1, 0.15) is 0 Å². The Hall–Kier alpha value is -0.540. The van der Waals surface area contributed by atoms with E-state index >= 15 is 0 Å². The molecule has 2 aromatic rings. The average molecular weight is 345 g/mol. The number of hydrogen-bond acceptors (Lipinski definition) is 1. The summed E-state index contributed by atoms with van der Waals surface area (Å²) in [5.74, 6) is 0. The van der Waals surface area contributed by atoms with Crippen molar-refractivity contribution in [3.8, 4) is 0 Å². The third kappa shape index (κ3) is 2.72. The molecule has 2 N–H and O–H groups in total. The molecule has 0 aliphatic heterocycles. The van der Waals surface area contributed by atoms with Crippen LogP contribution in [0.2, 0.25) is 10.0 Å². The average Bonchev–Trinajstić information content (AvgIpc) is 2.32. The van der Waals surface area contributed by atoms with E-state index in [0.29, 0.717) is 10.0 Å². The predicted octanol–water partition coefficient (Wildman–Crippen LogP) is 5.11. The monoisotopic (exact) mass is 343 g/mol. The van der Waals surface area contributed by atoms with Crippen LogP contribution >= 0.6 is 39.1 Å². The molecule has 0 saturated carbocycles. The summed E-state index contributed by atoms with van der Waals surface area (Å²) in [6.07, 6.45) is 0. The van der Waals surface area contributed by atoms with E-state index in [9.17, 15) is 0 Å². The first-order valence-corrected chi connectivity index (χ1v) is 7.01. The molecule has 0 heterocycles. The topological polar surface area (TPSA) is 26.0 Å². The molecule has 0 fully saturated rings. The minimum Gasteiger partial charge on any atom is -0.320 e. The van der Waals surface area contributed by atoms with Gasteiger partial charge in [-0.15, -0.1) is 0 Å². The van der Waals surface area contributed by atoms with Crippen LogP contribution in [0.1, 0.15) is 22.7 Å². The van der Waals surface area contributed by atoms with Crippen LogP contribution in [0.4, 0.5) is 0 Å². The van der Waals surface area contributed by atoms with E-state index < -0.39 is 0 Å². The molecular weight excluding hydrogens is 333 g/mol. The standard InChI is InChI=1S/C14H12BrCl2N/c1-8-3-2-4-11(13(8)15)14(18)10-6-5-9(16)7-12(10)17/h2-7,14H,18H2,1H3. The van der Waals surface area contributed by atoms with Gasteiger partial charge in [0.25, 0.3) is 0 Å². The minimum absolute atomic E-state index is 0.274. The maximum atomic E-state index is 6.28. The quantitative estimate of drug-likeness (QED) is 0.804. The van der Waals surface area contributed by atoms with Gasteiger partial charge in [0.05, 0.1) is 6.04 Å². The highest BCUT2D eigenvalue weighted by molar-refractivity contribution is 9.10. The van der Waals surface area contributed by atoms with Gasteiger partial charge in [-0.05, 0) is 35.7 Å². The molecule has 0 aliphatic carbocycles. The summed E-state index contributed by atoms with van der Waals surface area (Å²) < 4.78 is 1.02. The summed E-state index contributed by atoms with van der Waals surface area (Å²) in [6.45, 7) is 2.03. The highest BCUT2D eigenvalue weighted by Crippen LogP contribution is 2.33. The predicted molar refractivity (Wildman–Crippen MR) is 81.4 cm³/mol. The van der Waals surface area contributed by atoms with Crippen LogP contribution in [0.15, 0.2) is 40.9 Å². The Labute approximate surface area is 125 Å². The largest absolute Gasteiger partial charge is 0.320 e. The number of aryl methyl sites for hydroxylation is 1. The summed E-state index contributed by atoms with van der Waals surface area (Å²) in [7, 11) is 0. The molecule has 0 amide bonds. The number of rotatable bonds is 2. The Kier molecular flexibility index (Phi) is 4.33. The highest BCUT2D eigenvalue weighted by atomic mass is 79.9. The van der Waals surface area contributed by atoms with Gasteiger partial charge in [0, 0.05) is 14.5 Å². The van der Waals surface area contributed by atoms with Gasteiger partial charge in [-0.1, -0.05) is 63.4 Å². The lowest BCUT2D eigenvalue weighted by atomic mass is 9.98. The first-order chi connectivity index (χ1) is 8.50. The molecule has 0 aromatic heterocycles. The second-order valence-corrected chi connectivity index (χ2v) is 5.76. The van der Waals surface area contributed by atoms with Crippen molar-refractivity contribution in [3.63, 3.8) is 0 Å². The molecule has 0 saturated heterocycles. The van der Waals surface area contributed by atoms with Gasteiger partial charge < -0.3 is 5.73 Å². The van der Waals surface area contributed by atoms with Crippen LogP contribution in [0.3, 0.4) is 0 Å². The van der Waals surface area contributed by atoms with Crippen molar-refractivity contribution in [3.05, 3.63) is 67.6 Å². The van der Waals surface area contributed by atoms with Crippen molar-refractivity contribution in [1.29, 1.82) is 0 Å². The Morgan fingerprint density at radius 3 is 2.50 bits per heavy atom. The first-order valence-electron chi connectivity index (χ1n) is 5.46. The molecule has 0 bridgehead atoms. The Morgan fingerprint density at radius 2 is 1.83 bits per heavy atom. The fraction of sp³-hybridized carbons (Fsp3) is 0.143. The molecule has 0 spiro atoms. The Bertz CT molecular complexity index is 584. The molecule has 2 aromatic carbocycles. The van der Waals surface area contributed by atoms with Gasteiger partial charge >= 0.3 is 0 Å². The molecule has 2 rings (SSSR count). The van der Waals surface area contributed by atoms with Crippen molar-refractivity contribution in [2.24, 2.45) is 5.73 Å². The third-order valence-corrected chi connectivity index (χ3v) is 4.50. The molecule has 18 heavy (non-hydrogen) atoms. The van der Waals surface area contributed by atoms with Crippen molar-refractivity contribution in [2.75, 3.05) is 0 Å². The maximum Gasteiger partial charge on any atom is 0.0577 e. The third-order valence-electron chi connectivity index (χ3n) is 2.85. The number of nitrogens with two attached hydrogens (primary N) is 1. The molecule has 1 atom stereocenters. The number of halogens is 3. The summed E-state index contributed by atoms with van der Waals surface area (Å²) in [4.78, 5) is 0. The van der Waals surface area contributed by atoms with E-state index in [-0.39, 0.29) is 6.04 Å². The number of benzene rings is 2. The van der Waals surface area contributed by atoms with Gasteiger partial charge in [-0.3, -0.25) is 0 Å². The van der Waals surface area contributed by atoms with Crippen molar-refractivity contribution in [2.45, 2.75) is 13.0 Å². The van der Waals surface area contributed by atoms with Gasteiger partial charge in [0.2, 0.25) is 0 Å². The molecular formula is C14H12BrCl2N. The highest BCUT2D eigenvalue weighted by Gasteiger charge is 2.16.